The highest BCUT2D eigenvalue weighted by molar-refractivity contribution is 5.89. The number of likely N-dealkylation sites (N-methyl/N-ethyl adjacent to an activating group) is 1. The van der Waals surface area contributed by atoms with E-state index in [1.165, 1.54) is 6.07 Å². The third kappa shape index (κ3) is 1.39. The van der Waals surface area contributed by atoms with Crippen LogP contribution in [0.4, 0.5) is 0 Å². The van der Waals surface area contributed by atoms with E-state index in [9.17, 15) is 5.11 Å². The van der Waals surface area contributed by atoms with Crippen molar-refractivity contribution in [1.29, 1.82) is 0 Å². The second-order valence-corrected chi connectivity index (χ2v) is 3.86. The zero-order valence-electron chi connectivity index (χ0n) is 14.6. The SMILES string of the molecule is [2H]C([2H])N1C([2H])([2H])CC(c2c[nH]c3cccc(O)c23)C1([2H])[2H]. The summed E-state index contributed by atoms with van der Waals surface area (Å²) in [6, 6.07) is 4.90. The molecule has 0 spiro atoms. The summed E-state index contributed by atoms with van der Waals surface area (Å²) in [5.74, 6) is -0.889. The largest absolute Gasteiger partial charge is 0.507 e. The van der Waals surface area contributed by atoms with Crippen LogP contribution in [0.5, 0.6) is 5.75 Å². The first-order valence-electron chi connectivity index (χ1n) is 8.24. The standard InChI is InChI=1S/C13H16N2O/c1-15-6-5-9(8-15)10-7-14-11-3-2-4-12(16)13(10)11/h2-4,7,9,14,16H,5-6,8H2,1H3/i1D2,6D2,8D2. The number of benzene rings is 1. The van der Waals surface area contributed by atoms with Crippen molar-refractivity contribution < 1.29 is 13.3 Å². The normalized spacial score (nSPS) is 33.9. The van der Waals surface area contributed by atoms with Gasteiger partial charge in [-0.05, 0) is 37.6 Å². The summed E-state index contributed by atoms with van der Waals surface area (Å²) in [5, 5.41) is 10.5. The van der Waals surface area contributed by atoms with Gasteiger partial charge in [0.05, 0.1) is 0 Å². The maximum absolute atomic E-state index is 10.1. The van der Waals surface area contributed by atoms with E-state index in [0.717, 1.165) is 0 Å². The van der Waals surface area contributed by atoms with E-state index in [0.29, 0.717) is 21.4 Å². The van der Waals surface area contributed by atoms with Gasteiger partial charge in [0.2, 0.25) is 0 Å². The number of aromatic hydroxyl groups is 1. The number of aromatic nitrogens is 1. The number of hydrogen-bond donors (Lipinski definition) is 2. The maximum atomic E-state index is 10.1. The van der Waals surface area contributed by atoms with Crippen LogP contribution in [0.25, 0.3) is 10.9 Å². The first-order chi connectivity index (χ1) is 10.2. The molecule has 1 saturated heterocycles. The molecule has 1 aromatic heterocycles. The molecule has 1 fully saturated rings. The summed E-state index contributed by atoms with van der Waals surface area (Å²) >= 11 is 0. The lowest BCUT2D eigenvalue weighted by Gasteiger charge is -2.09. The quantitative estimate of drug-likeness (QED) is 0.777. The Balaban J connectivity index is 2.15. The Bertz CT molecular complexity index is 714. The van der Waals surface area contributed by atoms with Gasteiger partial charge in [0.15, 0.2) is 0 Å². The summed E-state index contributed by atoms with van der Waals surface area (Å²) in [5.41, 5.74) is 1.10. The molecular formula is C13H16N2O. The van der Waals surface area contributed by atoms with Gasteiger partial charge in [-0.15, -0.1) is 0 Å². The fourth-order valence-corrected chi connectivity index (χ4v) is 2.09. The molecule has 0 bridgehead atoms. The van der Waals surface area contributed by atoms with Crippen LogP contribution >= 0.6 is 0 Å². The van der Waals surface area contributed by atoms with Gasteiger partial charge in [-0.1, -0.05) is 6.07 Å². The van der Waals surface area contributed by atoms with Crippen LogP contribution in [0.2, 0.25) is 0 Å². The van der Waals surface area contributed by atoms with Crippen LogP contribution in [0.1, 0.15) is 26.1 Å². The lowest BCUT2D eigenvalue weighted by atomic mass is 9.97. The second kappa shape index (κ2) is 3.52. The van der Waals surface area contributed by atoms with E-state index in [-0.39, 0.29) is 12.2 Å². The summed E-state index contributed by atoms with van der Waals surface area (Å²) in [6.45, 7) is -6.06. The topological polar surface area (TPSA) is 39.3 Å². The van der Waals surface area contributed by atoms with E-state index in [4.69, 9.17) is 8.22 Å². The van der Waals surface area contributed by atoms with Crippen molar-refractivity contribution in [3.05, 3.63) is 30.0 Å². The average Bonchev–Trinajstić information content (AvgIpc) is 2.86. The average molecular weight is 222 g/mol. The molecule has 2 heterocycles. The fourth-order valence-electron chi connectivity index (χ4n) is 2.09. The van der Waals surface area contributed by atoms with Gasteiger partial charge >= 0.3 is 0 Å². The molecule has 3 nitrogen and oxygen atoms in total. The molecule has 1 aromatic carbocycles. The minimum absolute atomic E-state index is 0.00291. The van der Waals surface area contributed by atoms with Crippen molar-refractivity contribution in [2.75, 3.05) is 20.0 Å². The molecule has 3 rings (SSSR count). The molecule has 2 aromatic rings. The van der Waals surface area contributed by atoms with Crippen molar-refractivity contribution in [2.45, 2.75) is 12.3 Å². The Kier molecular flexibility index (Phi) is 1.15. The molecule has 2 N–H and O–H groups in total. The predicted octanol–water partition coefficient (Wildman–Crippen LogP) is 2.29. The van der Waals surface area contributed by atoms with E-state index in [1.54, 1.807) is 18.3 Å². The van der Waals surface area contributed by atoms with E-state index in [2.05, 4.69) is 4.98 Å². The molecule has 0 aliphatic carbocycles. The summed E-state index contributed by atoms with van der Waals surface area (Å²) in [4.78, 5) is 3.58. The third-order valence-electron chi connectivity index (χ3n) is 2.85. The Morgan fingerprint density at radius 1 is 1.62 bits per heavy atom. The molecule has 1 atom stereocenters. The van der Waals surface area contributed by atoms with Gasteiger partial charge in [-0.25, -0.2) is 0 Å². The Labute approximate surface area is 103 Å². The molecule has 1 aliphatic heterocycles. The van der Waals surface area contributed by atoms with Gasteiger partial charge in [0.1, 0.15) is 5.75 Å². The lowest BCUT2D eigenvalue weighted by molar-refractivity contribution is 0.411. The van der Waals surface area contributed by atoms with Gasteiger partial charge < -0.3 is 15.0 Å². The highest BCUT2D eigenvalue weighted by atomic mass is 16.3. The number of nitrogens with one attached hydrogen (secondary N) is 1. The lowest BCUT2D eigenvalue weighted by Crippen LogP contribution is -2.13. The zero-order chi connectivity index (χ0) is 16.3. The number of fused-ring (bicyclic) bond motifs is 1. The van der Waals surface area contributed by atoms with Crippen molar-refractivity contribution in [2.24, 2.45) is 0 Å². The van der Waals surface area contributed by atoms with E-state index >= 15 is 0 Å². The van der Waals surface area contributed by atoms with Gasteiger partial charge in [-0.3, -0.25) is 0 Å². The Morgan fingerprint density at radius 3 is 3.38 bits per heavy atom. The minimum Gasteiger partial charge on any atom is -0.507 e. The summed E-state index contributed by atoms with van der Waals surface area (Å²) in [6.07, 6.45) is 1.38. The molecule has 0 amide bonds. The van der Waals surface area contributed by atoms with Crippen molar-refractivity contribution in [3.63, 3.8) is 0 Å². The number of hydrogen-bond acceptors (Lipinski definition) is 2. The van der Waals surface area contributed by atoms with Crippen LogP contribution in [-0.2, 0) is 0 Å². The van der Waals surface area contributed by atoms with Gasteiger partial charge in [0.25, 0.3) is 0 Å². The Morgan fingerprint density at radius 2 is 2.56 bits per heavy atom. The number of rotatable bonds is 1. The number of phenolic OH excluding ortho intramolecular Hbond substituents is 1. The molecule has 0 radical (unpaired) electrons. The number of H-pyrrole nitrogens is 1. The predicted molar refractivity (Wildman–Crippen MR) is 64.8 cm³/mol. The van der Waals surface area contributed by atoms with Crippen molar-refractivity contribution in [3.8, 4) is 5.75 Å². The molecule has 1 aliphatic rings. The first kappa shape index (κ1) is 5.23. The van der Waals surface area contributed by atoms with Crippen LogP contribution in [0.15, 0.2) is 24.4 Å². The highest BCUT2D eigenvalue weighted by Gasteiger charge is 2.24. The van der Waals surface area contributed by atoms with E-state index in [1.807, 2.05) is 0 Å². The van der Waals surface area contributed by atoms with Gasteiger partial charge in [-0.2, -0.15) is 0 Å². The van der Waals surface area contributed by atoms with Crippen molar-refractivity contribution >= 4 is 10.9 Å². The Hall–Kier alpha value is -1.48. The van der Waals surface area contributed by atoms with E-state index < -0.39 is 25.9 Å². The van der Waals surface area contributed by atoms with Gasteiger partial charge in [0, 0.05) is 37.7 Å². The smallest absolute Gasteiger partial charge is 0.125 e. The number of aromatic amines is 1. The number of phenols is 1. The molecular weight excluding hydrogens is 200 g/mol. The zero-order valence-corrected chi connectivity index (χ0v) is 8.57. The first-order valence-corrected chi connectivity index (χ1v) is 5.09. The molecule has 1 unspecified atom stereocenters. The fraction of sp³-hybridized carbons (Fsp3) is 0.385. The molecule has 3 heteroatoms. The van der Waals surface area contributed by atoms with Crippen LogP contribution in [-0.4, -0.2) is 35.0 Å². The third-order valence-corrected chi connectivity index (χ3v) is 2.85. The second-order valence-electron chi connectivity index (χ2n) is 3.86. The molecule has 16 heavy (non-hydrogen) atoms. The molecule has 84 valence electrons. The monoisotopic (exact) mass is 222 g/mol. The van der Waals surface area contributed by atoms with Crippen LogP contribution in [0, 0.1) is 0 Å². The minimum atomic E-state index is -2.20. The molecule has 0 saturated carbocycles. The highest BCUT2D eigenvalue weighted by Crippen LogP contribution is 2.36. The summed E-state index contributed by atoms with van der Waals surface area (Å²) in [7, 11) is 0. The maximum Gasteiger partial charge on any atom is 0.125 e. The summed E-state index contributed by atoms with van der Waals surface area (Å²) < 4.78 is 47.3. The number of likely N-dealkylation sites (tertiary alicyclic amines) is 1. The van der Waals surface area contributed by atoms with Crippen LogP contribution in [0.3, 0.4) is 0 Å². The van der Waals surface area contributed by atoms with Crippen molar-refractivity contribution in [1.82, 2.24) is 9.88 Å². The number of nitrogens with zero attached hydrogens (tertiary/aromatic N) is 1. The van der Waals surface area contributed by atoms with Crippen LogP contribution < -0.4 is 0 Å².